The number of hydrogen-bond acceptors (Lipinski definition) is 8. The molecule has 0 spiro atoms. The van der Waals surface area contributed by atoms with E-state index in [1.54, 1.807) is 42.3 Å². The maximum atomic E-state index is 12.7. The summed E-state index contributed by atoms with van der Waals surface area (Å²) in [7, 11) is 1.76. The Balaban J connectivity index is 1.51. The Morgan fingerprint density at radius 3 is 2.53 bits per heavy atom. The van der Waals surface area contributed by atoms with E-state index in [-0.39, 0.29) is 5.56 Å². The molecule has 0 radical (unpaired) electrons. The third kappa shape index (κ3) is 4.83. The minimum Gasteiger partial charge on any atom is -0.372 e. The molecule has 4 heterocycles. The summed E-state index contributed by atoms with van der Waals surface area (Å²) in [6.07, 6.45) is 8.56. The SMILES string of the molecule is Cn1c(=O)cc(NC(C)(C)c2ncccn2)c2cc(Nc3nc(N4CCCCC4)ncc3Cl)ccc21. The Labute approximate surface area is 214 Å². The molecule has 0 atom stereocenters. The van der Waals surface area contributed by atoms with Crippen LogP contribution in [0.25, 0.3) is 10.9 Å². The number of piperidine rings is 1. The number of hydrogen-bond donors (Lipinski definition) is 2. The van der Waals surface area contributed by atoms with Crippen molar-refractivity contribution in [3.05, 3.63) is 70.1 Å². The lowest BCUT2D eigenvalue weighted by Crippen LogP contribution is -2.31. The van der Waals surface area contributed by atoms with Crippen LogP contribution >= 0.6 is 11.6 Å². The Morgan fingerprint density at radius 1 is 1.03 bits per heavy atom. The van der Waals surface area contributed by atoms with Crippen LogP contribution in [-0.2, 0) is 12.6 Å². The van der Waals surface area contributed by atoms with Gasteiger partial charge in [-0.2, -0.15) is 4.98 Å². The number of benzene rings is 1. The van der Waals surface area contributed by atoms with Crippen LogP contribution in [-0.4, -0.2) is 37.6 Å². The lowest BCUT2D eigenvalue weighted by Gasteiger charge is -2.27. The second-order valence-corrected chi connectivity index (χ2v) is 9.96. The van der Waals surface area contributed by atoms with Gasteiger partial charge in [-0.1, -0.05) is 11.6 Å². The highest BCUT2D eigenvalue weighted by Gasteiger charge is 2.25. The van der Waals surface area contributed by atoms with Gasteiger partial charge < -0.3 is 20.1 Å². The molecular formula is C26H29ClN8O. The second-order valence-electron chi connectivity index (χ2n) is 9.55. The minimum absolute atomic E-state index is 0.111. The molecular weight excluding hydrogens is 476 g/mol. The number of nitrogens with zero attached hydrogens (tertiary/aromatic N) is 6. The smallest absolute Gasteiger partial charge is 0.252 e. The predicted molar refractivity (Wildman–Crippen MR) is 144 cm³/mol. The lowest BCUT2D eigenvalue weighted by atomic mass is 10.0. The Bertz CT molecular complexity index is 1450. The standard InChI is InChI=1S/C26H29ClN8O/c1-26(2,24-28-10-7-11-29-24)33-20-15-22(36)34(3)21-9-8-17(14-18(20)21)31-23-19(27)16-30-25(32-23)35-12-5-4-6-13-35/h7-11,14-16,33H,4-6,12-13H2,1-3H3,(H,30,31,32). The van der Waals surface area contributed by atoms with Gasteiger partial charge in [0.2, 0.25) is 5.95 Å². The van der Waals surface area contributed by atoms with E-state index in [9.17, 15) is 4.79 Å². The molecule has 1 aromatic carbocycles. The minimum atomic E-state index is -0.608. The lowest BCUT2D eigenvalue weighted by molar-refractivity contribution is 0.563. The summed E-state index contributed by atoms with van der Waals surface area (Å²) in [5, 5.41) is 8.14. The first-order valence-corrected chi connectivity index (χ1v) is 12.4. The molecule has 1 aliphatic rings. The van der Waals surface area contributed by atoms with Gasteiger partial charge in [-0.15, -0.1) is 0 Å². The van der Waals surface area contributed by atoms with Crippen LogP contribution in [0.3, 0.4) is 0 Å². The van der Waals surface area contributed by atoms with Crippen molar-refractivity contribution in [2.75, 3.05) is 28.6 Å². The van der Waals surface area contributed by atoms with E-state index < -0.39 is 5.54 Å². The first-order valence-electron chi connectivity index (χ1n) is 12.1. The summed E-state index contributed by atoms with van der Waals surface area (Å²) < 4.78 is 1.63. The molecule has 2 N–H and O–H groups in total. The Kier molecular flexibility index (Phi) is 6.49. The summed E-state index contributed by atoms with van der Waals surface area (Å²) in [4.78, 5) is 32.9. The molecule has 0 amide bonds. The number of rotatable bonds is 6. The fraction of sp³-hybridized carbons (Fsp3) is 0.346. The average Bonchev–Trinajstić information content (AvgIpc) is 2.89. The van der Waals surface area contributed by atoms with Crippen LogP contribution < -0.4 is 21.1 Å². The van der Waals surface area contributed by atoms with Gasteiger partial charge in [-0.05, 0) is 57.4 Å². The fourth-order valence-electron chi connectivity index (χ4n) is 4.49. The van der Waals surface area contributed by atoms with Crippen LogP contribution in [0.2, 0.25) is 5.02 Å². The van der Waals surface area contributed by atoms with E-state index >= 15 is 0 Å². The summed E-state index contributed by atoms with van der Waals surface area (Å²) >= 11 is 6.46. The molecule has 0 saturated carbocycles. The molecule has 10 heteroatoms. The van der Waals surface area contributed by atoms with E-state index in [2.05, 4.69) is 30.5 Å². The van der Waals surface area contributed by atoms with Crippen LogP contribution in [0.4, 0.5) is 23.1 Å². The van der Waals surface area contributed by atoms with Gasteiger partial charge in [-0.3, -0.25) is 4.79 Å². The maximum absolute atomic E-state index is 12.7. The third-order valence-corrected chi connectivity index (χ3v) is 6.73. The molecule has 0 unspecified atom stereocenters. The number of aryl methyl sites for hydroxylation is 1. The van der Waals surface area contributed by atoms with E-state index in [0.717, 1.165) is 42.5 Å². The number of halogens is 1. The third-order valence-electron chi connectivity index (χ3n) is 6.45. The topological polar surface area (TPSA) is 101 Å². The zero-order valence-electron chi connectivity index (χ0n) is 20.6. The van der Waals surface area contributed by atoms with Crippen LogP contribution in [0.15, 0.2) is 53.7 Å². The zero-order valence-corrected chi connectivity index (χ0v) is 21.4. The van der Waals surface area contributed by atoms with Gasteiger partial charge in [0.1, 0.15) is 5.02 Å². The highest BCUT2D eigenvalue weighted by Crippen LogP contribution is 2.32. The Hall–Kier alpha value is -3.72. The number of anilines is 4. The molecule has 36 heavy (non-hydrogen) atoms. The molecule has 4 aromatic rings. The molecule has 1 aliphatic heterocycles. The fourth-order valence-corrected chi connectivity index (χ4v) is 4.62. The summed E-state index contributed by atoms with van der Waals surface area (Å²) in [6.45, 7) is 5.86. The van der Waals surface area contributed by atoms with E-state index in [4.69, 9.17) is 16.6 Å². The largest absolute Gasteiger partial charge is 0.372 e. The summed E-state index contributed by atoms with van der Waals surface area (Å²) in [5.41, 5.74) is 1.56. The summed E-state index contributed by atoms with van der Waals surface area (Å²) in [5.74, 6) is 1.85. The molecule has 1 fully saturated rings. The van der Waals surface area contributed by atoms with Crippen molar-refractivity contribution in [1.82, 2.24) is 24.5 Å². The van der Waals surface area contributed by atoms with Crippen molar-refractivity contribution < 1.29 is 0 Å². The second kappa shape index (κ2) is 9.73. The predicted octanol–water partition coefficient (Wildman–Crippen LogP) is 4.85. The van der Waals surface area contributed by atoms with Crippen molar-refractivity contribution in [3.63, 3.8) is 0 Å². The van der Waals surface area contributed by atoms with Gasteiger partial charge in [-0.25, -0.2) is 15.0 Å². The van der Waals surface area contributed by atoms with Crippen LogP contribution in [0, 0.1) is 0 Å². The molecule has 1 saturated heterocycles. The summed E-state index contributed by atoms with van der Waals surface area (Å²) in [6, 6.07) is 9.19. The quantitative estimate of drug-likeness (QED) is 0.384. The van der Waals surface area contributed by atoms with E-state index in [0.29, 0.717) is 28.3 Å². The molecule has 0 aliphatic carbocycles. The van der Waals surface area contributed by atoms with Gasteiger partial charge >= 0.3 is 0 Å². The van der Waals surface area contributed by atoms with Crippen molar-refractivity contribution in [2.45, 2.75) is 38.6 Å². The Morgan fingerprint density at radius 2 is 1.78 bits per heavy atom. The number of aromatic nitrogens is 5. The number of nitrogens with one attached hydrogen (secondary N) is 2. The van der Waals surface area contributed by atoms with Gasteiger partial charge in [0.15, 0.2) is 11.6 Å². The first-order chi connectivity index (χ1) is 17.3. The molecule has 9 nitrogen and oxygen atoms in total. The molecule has 3 aromatic heterocycles. The van der Waals surface area contributed by atoms with Gasteiger partial charge in [0, 0.05) is 55.4 Å². The van der Waals surface area contributed by atoms with Crippen LogP contribution in [0.5, 0.6) is 0 Å². The highest BCUT2D eigenvalue weighted by molar-refractivity contribution is 6.32. The highest BCUT2D eigenvalue weighted by atomic mass is 35.5. The number of pyridine rings is 1. The molecule has 5 rings (SSSR count). The van der Waals surface area contributed by atoms with Crippen molar-refractivity contribution >= 4 is 45.6 Å². The van der Waals surface area contributed by atoms with E-state index in [1.165, 1.54) is 6.42 Å². The maximum Gasteiger partial charge on any atom is 0.252 e. The molecule has 0 bridgehead atoms. The van der Waals surface area contributed by atoms with Crippen molar-refractivity contribution in [2.24, 2.45) is 7.05 Å². The number of fused-ring (bicyclic) bond motifs is 1. The average molecular weight is 505 g/mol. The molecule has 186 valence electrons. The van der Waals surface area contributed by atoms with E-state index in [1.807, 2.05) is 32.0 Å². The first kappa shape index (κ1) is 24.0. The van der Waals surface area contributed by atoms with Gasteiger partial charge in [0.25, 0.3) is 5.56 Å². The monoisotopic (exact) mass is 504 g/mol. The normalized spacial score (nSPS) is 14.2. The van der Waals surface area contributed by atoms with Crippen molar-refractivity contribution in [1.29, 1.82) is 0 Å². The van der Waals surface area contributed by atoms with Gasteiger partial charge in [0.05, 0.1) is 17.3 Å². The van der Waals surface area contributed by atoms with Crippen LogP contribution in [0.1, 0.15) is 38.9 Å². The van der Waals surface area contributed by atoms with Crippen molar-refractivity contribution in [3.8, 4) is 0 Å². The zero-order chi connectivity index (χ0) is 25.3.